The maximum absolute atomic E-state index is 12.9. The number of ether oxygens (including phenoxy) is 1. The highest BCUT2D eigenvalue weighted by atomic mass is 16.5. The average molecular weight is 399 g/mol. The number of amides is 1. The summed E-state index contributed by atoms with van der Waals surface area (Å²) < 4.78 is 7.33. The SMILES string of the molecule is Cn1cncc1-c1nc(C(=O)N[C@H]2C[C@H](C(C)(C)O)C2)cc(C2CCOCC2)n1. The summed E-state index contributed by atoms with van der Waals surface area (Å²) in [6.07, 6.45) is 6.75. The van der Waals surface area contributed by atoms with Gasteiger partial charge in [-0.25, -0.2) is 15.0 Å². The lowest BCUT2D eigenvalue weighted by molar-refractivity contribution is -0.0309. The van der Waals surface area contributed by atoms with Crippen molar-refractivity contribution in [2.45, 2.75) is 57.1 Å². The minimum atomic E-state index is -0.709. The average Bonchev–Trinajstić information content (AvgIpc) is 3.09. The summed E-state index contributed by atoms with van der Waals surface area (Å²) in [5.41, 5.74) is 1.33. The van der Waals surface area contributed by atoms with E-state index in [9.17, 15) is 9.90 Å². The molecule has 1 aliphatic carbocycles. The number of nitrogens with one attached hydrogen (secondary N) is 1. The monoisotopic (exact) mass is 399 g/mol. The van der Waals surface area contributed by atoms with Crippen molar-refractivity contribution in [3.05, 3.63) is 30.0 Å². The molecule has 2 fully saturated rings. The first kappa shape index (κ1) is 20.0. The Kier molecular flexibility index (Phi) is 5.40. The molecule has 0 atom stereocenters. The van der Waals surface area contributed by atoms with Crippen LogP contribution in [0.2, 0.25) is 0 Å². The smallest absolute Gasteiger partial charge is 0.270 e. The Morgan fingerprint density at radius 1 is 1.28 bits per heavy atom. The standard InChI is InChI=1S/C21H29N5O3/c1-21(2,28)14-8-15(9-14)23-20(27)17-10-16(13-4-6-29-7-5-13)24-19(25-17)18-11-22-12-26(18)3/h10-15,28H,4-9H2,1-3H3,(H,23,27)/t14-,15-. The van der Waals surface area contributed by atoms with Crippen molar-refractivity contribution < 1.29 is 14.6 Å². The molecule has 2 N–H and O–H groups in total. The number of aromatic nitrogens is 4. The molecule has 1 aliphatic heterocycles. The summed E-state index contributed by atoms with van der Waals surface area (Å²) in [7, 11) is 1.89. The summed E-state index contributed by atoms with van der Waals surface area (Å²) in [4.78, 5) is 26.4. The fourth-order valence-electron chi connectivity index (χ4n) is 4.04. The minimum absolute atomic E-state index is 0.0700. The van der Waals surface area contributed by atoms with E-state index in [0.29, 0.717) is 24.7 Å². The number of hydrogen-bond acceptors (Lipinski definition) is 6. The van der Waals surface area contributed by atoms with Gasteiger partial charge in [0.25, 0.3) is 5.91 Å². The largest absolute Gasteiger partial charge is 0.390 e. The molecule has 0 aromatic carbocycles. The molecule has 1 saturated carbocycles. The van der Waals surface area contributed by atoms with E-state index in [1.165, 1.54) is 0 Å². The zero-order valence-electron chi connectivity index (χ0n) is 17.3. The van der Waals surface area contributed by atoms with Crippen molar-refractivity contribution >= 4 is 5.91 Å². The quantitative estimate of drug-likeness (QED) is 0.798. The molecule has 29 heavy (non-hydrogen) atoms. The predicted molar refractivity (Wildman–Crippen MR) is 107 cm³/mol. The van der Waals surface area contributed by atoms with Crippen LogP contribution < -0.4 is 5.32 Å². The lowest BCUT2D eigenvalue weighted by atomic mass is 9.71. The molecule has 156 valence electrons. The summed E-state index contributed by atoms with van der Waals surface area (Å²) in [6.45, 7) is 5.05. The highest BCUT2D eigenvalue weighted by molar-refractivity contribution is 5.93. The molecule has 2 aromatic rings. The van der Waals surface area contributed by atoms with E-state index in [2.05, 4.69) is 15.3 Å². The van der Waals surface area contributed by atoms with E-state index in [-0.39, 0.29) is 23.8 Å². The highest BCUT2D eigenvalue weighted by Crippen LogP contribution is 2.36. The molecule has 1 saturated heterocycles. The first-order valence-electron chi connectivity index (χ1n) is 10.3. The molecule has 0 radical (unpaired) electrons. The Morgan fingerprint density at radius 2 is 2.00 bits per heavy atom. The molecule has 0 bridgehead atoms. The van der Waals surface area contributed by atoms with Crippen molar-refractivity contribution in [1.29, 1.82) is 0 Å². The van der Waals surface area contributed by atoms with Crippen LogP contribution in [0.15, 0.2) is 18.6 Å². The molecule has 8 heteroatoms. The minimum Gasteiger partial charge on any atom is -0.390 e. The van der Waals surface area contributed by atoms with Crippen LogP contribution in [-0.4, -0.2) is 55.4 Å². The second kappa shape index (κ2) is 7.84. The van der Waals surface area contributed by atoms with Crippen LogP contribution in [0.1, 0.15) is 61.6 Å². The van der Waals surface area contributed by atoms with Crippen molar-refractivity contribution in [3.8, 4) is 11.5 Å². The van der Waals surface area contributed by atoms with Gasteiger partial charge in [0.05, 0.1) is 18.1 Å². The molecule has 0 spiro atoms. The number of nitrogens with zero attached hydrogens (tertiary/aromatic N) is 4. The molecule has 2 aromatic heterocycles. The molecule has 8 nitrogen and oxygen atoms in total. The van der Waals surface area contributed by atoms with E-state index < -0.39 is 5.60 Å². The second-order valence-corrected chi connectivity index (χ2v) is 8.77. The van der Waals surface area contributed by atoms with Gasteiger partial charge in [0, 0.05) is 37.9 Å². The van der Waals surface area contributed by atoms with Crippen LogP contribution >= 0.6 is 0 Å². The van der Waals surface area contributed by atoms with Gasteiger partial charge in [0.15, 0.2) is 5.82 Å². The van der Waals surface area contributed by atoms with Crippen LogP contribution in [-0.2, 0) is 11.8 Å². The highest BCUT2D eigenvalue weighted by Gasteiger charge is 2.39. The molecular weight excluding hydrogens is 370 g/mol. The third-order valence-corrected chi connectivity index (χ3v) is 6.14. The molecule has 0 unspecified atom stereocenters. The van der Waals surface area contributed by atoms with E-state index in [1.54, 1.807) is 12.5 Å². The van der Waals surface area contributed by atoms with Crippen molar-refractivity contribution in [3.63, 3.8) is 0 Å². The predicted octanol–water partition coefficient (Wildman–Crippen LogP) is 2.05. The first-order chi connectivity index (χ1) is 13.8. The van der Waals surface area contributed by atoms with Gasteiger partial charge < -0.3 is 19.7 Å². The maximum atomic E-state index is 12.9. The molecular formula is C21H29N5O3. The maximum Gasteiger partial charge on any atom is 0.270 e. The number of hydrogen-bond donors (Lipinski definition) is 2. The van der Waals surface area contributed by atoms with Crippen molar-refractivity contribution in [1.82, 2.24) is 24.8 Å². The first-order valence-corrected chi connectivity index (χ1v) is 10.3. The zero-order chi connectivity index (χ0) is 20.6. The second-order valence-electron chi connectivity index (χ2n) is 8.77. The van der Waals surface area contributed by atoms with Crippen LogP contribution in [0.3, 0.4) is 0 Å². The van der Waals surface area contributed by atoms with E-state index >= 15 is 0 Å². The topological polar surface area (TPSA) is 102 Å². The Balaban J connectivity index is 1.57. The summed E-state index contributed by atoms with van der Waals surface area (Å²) in [5, 5.41) is 13.2. The van der Waals surface area contributed by atoms with Gasteiger partial charge in [-0.1, -0.05) is 0 Å². The molecule has 4 rings (SSSR count). The van der Waals surface area contributed by atoms with Crippen LogP contribution in [0, 0.1) is 5.92 Å². The lowest BCUT2D eigenvalue weighted by Crippen LogP contribution is -2.51. The number of imidazole rings is 1. The number of aliphatic hydroxyl groups is 1. The van der Waals surface area contributed by atoms with Gasteiger partial charge in [-0.05, 0) is 51.5 Å². The summed E-state index contributed by atoms with van der Waals surface area (Å²) >= 11 is 0. The lowest BCUT2D eigenvalue weighted by Gasteiger charge is -2.42. The normalized spacial score (nSPS) is 22.9. The van der Waals surface area contributed by atoms with Gasteiger partial charge in [-0.2, -0.15) is 0 Å². The van der Waals surface area contributed by atoms with E-state index in [4.69, 9.17) is 9.72 Å². The third-order valence-electron chi connectivity index (χ3n) is 6.14. The molecule has 3 heterocycles. The van der Waals surface area contributed by atoms with Crippen molar-refractivity contribution in [2.24, 2.45) is 13.0 Å². The van der Waals surface area contributed by atoms with Gasteiger partial charge in [0.2, 0.25) is 0 Å². The number of carbonyl (C=O) groups is 1. The number of rotatable bonds is 5. The van der Waals surface area contributed by atoms with Crippen LogP contribution in [0.4, 0.5) is 0 Å². The van der Waals surface area contributed by atoms with E-state index in [0.717, 1.165) is 37.1 Å². The fourth-order valence-corrected chi connectivity index (χ4v) is 4.04. The van der Waals surface area contributed by atoms with Gasteiger partial charge in [-0.3, -0.25) is 4.79 Å². The fraction of sp³-hybridized carbons (Fsp3) is 0.619. The Labute approximate surface area is 170 Å². The summed E-state index contributed by atoms with van der Waals surface area (Å²) in [6, 6.07) is 1.89. The Morgan fingerprint density at radius 3 is 2.62 bits per heavy atom. The number of aryl methyl sites for hydroxylation is 1. The van der Waals surface area contributed by atoms with Gasteiger partial charge in [-0.15, -0.1) is 0 Å². The summed E-state index contributed by atoms with van der Waals surface area (Å²) in [5.74, 6) is 0.792. The van der Waals surface area contributed by atoms with Crippen LogP contribution in [0.5, 0.6) is 0 Å². The van der Waals surface area contributed by atoms with Crippen molar-refractivity contribution in [2.75, 3.05) is 13.2 Å². The zero-order valence-corrected chi connectivity index (χ0v) is 17.3. The third kappa shape index (κ3) is 4.33. The molecule has 2 aliphatic rings. The van der Waals surface area contributed by atoms with E-state index in [1.807, 2.05) is 31.5 Å². The number of carbonyl (C=O) groups excluding carboxylic acids is 1. The van der Waals surface area contributed by atoms with Gasteiger partial charge in [0.1, 0.15) is 11.4 Å². The van der Waals surface area contributed by atoms with Crippen LogP contribution in [0.25, 0.3) is 11.5 Å². The molecule has 1 amide bonds. The van der Waals surface area contributed by atoms with Gasteiger partial charge >= 0.3 is 0 Å². The Hall–Kier alpha value is -2.32. The Bertz CT molecular complexity index is 877.